The van der Waals surface area contributed by atoms with Gasteiger partial charge >= 0.3 is 5.69 Å². The summed E-state index contributed by atoms with van der Waals surface area (Å²) in [5, 5.41) is 16.9. The molecule has 200 valence electrons. The third-order valence-corrected chi connectivity index (χ3v) is 8.21. The summed E-state index contributed by atoms with van der Waals surface area (Å²) in [4.78, 5) is 29.6. The van der Waals surface area contributed by atoms with Crippen LogP contribution < -0.4 is 10.3 Å². The van der Waals surface area contributed by atoms with Crippen LogP contribution in [0.15, 0.2) is 73.4 Å². The maximum Gasteiger partial charge on any atom is 0.313 e. The first-order valence-electron chi connectivity index (χ1n) is 12.4. The van der Waals surface area contributed by atoms with Crippen molar-refractivity contribution in [1.82, 2.24) is 9.66 Å². The standard InChI is InChI=1S/C28H23Br2ClN4O4/c29-20-11-10-19(22(30)14-20)16-39-26-23(31)12-17(13-25(26)35(37)38)15-32-34-27(18-6-2-1-3-7-18)33-24-9-5-4-8-21(24)28(34)36/h4-5,8-15,18H,1-3,6-7,16H2. The number of nitrogens with zero attached hydrogens (tertiary/aromatic N) is 4. The van der Waals surface area contributed by atoms with Gasteiger partial charge in [-0.05, 0) is 43.2 Å². The summed E-state index contributed by atoms with van der Waals surface area (Å²) >= 11 is 13.3. The molecule has 1 heterocycles. The van der Waals surface area contributed by atoms with E-state index in [1.165, 1.54) is 23.0 Å². The summed E-state index contributed by atoms with van der Waals surface area (Å²) in [7, 11) is 0. The molecule has 1 aliphatic carbocycles. The predicted molar refractivity (Wildman–Crippen MR) is 159 cm³/mol. The zero-order chi connectivity index (χ0) is 27.5. The summed E-state index contributed by atoms with van der Waals surface area (Å²) in [6.07, 6.45) is 6.55. The van der Waals surface area contributed by atoms with Crippen LogP contribution in [-0.2, 0) is 6.61 Å². The van der Waals surface area contributed by atoms with Crippen LogP contribution >= 0.6 is 43.5 Å². The average Bonchev–Trinajstić information content (AvgIpc) is 2.93. The number of aromatic nitrogens is 2. The van der Waals surface area contributed by atoms with Crippen molar-refractivity contribution in [3.63, 3.8) is 0 Å². The lowest BCUT2D eigenvalue weighted by atomic mass is 9.88. The maximum absolute atomic E-state index is 13.4. The van der Waals surface area contributed by atoms with Gasteiger partial charge in [0, 0.05) is 32.1 Å². The molecule has 1 saturated carbocycles. The van der Waals surface area contributed by atoms with Gasteiger partial charge in [-0.2, -0.15) is 9.78 Å². The third kappa shape index (κ3) is 6.08. The Morgan fingerprint density at radius 1 is 1.13 bits per heavy atom. The number of rotatable bonds is 7. The van der Waals surface area contributed by atoms with Gasteiger partial charge < -0.3 is 4.74 Å². The number of nitro benzene ring substituents is 1. The largest absolute Gasteiger partial charge is 0.481 e. The van der Waals surface area contributed by atoms with Crippen molar-refractivity contribution >= 4 is 66.3 Å². The number of benzene rings is 3. The topological polar surface area (TPSA) is 99.6 Å². The summed E-state index contributed by atoms with van der Waals surface area (Å²) in [6, 6.07) is 15.6. The molecule has 1 fully saturated rings. The molecule has 0 amide bonds. The Hall–Kier alpha value is -3.08. The lowest BCUT2D eigenvalue weighted by Crippen LogP contribution is -2.25. The Kier molecular flexibility index (Phi) is 8.44. The molecule has 0 N–H and O–H groups in total. The van der Waals surface area contributed by atoms with Crippen LogP contribution in [-0.4, -0.2) is 20.8 Å². The van der Waals surface area contributed by atoms with Crippen molar-refractivity contribution in [2.45, 2.75) is 44.6 Å². The number of hydrogen-bond donors (Lipinski definition) is 0. The molecule has 1 aromatic heterocycles. The second-order valence-electron chi connectivity index (χ2n) is 9.32. The van der Waals surface area contributed by atoms with Gasteiger partial charge in [0.1, 0.15) is 12.4 Å². The molecule has 0 unspecified atom stereocenters. The number of para-hydroxylation sites is 1. The fraction of sp³-hybridized carbons (Fsp3) is 0.250. The molecule has 0 saturated heterocycles. The van der Waals surface area contributed by atoms with Crippen LogP contribution in [0, 0.1) is 10.1 Å². The minimum absolute atomic E-state index is 0.0407. The number of fused-ring (bicyclic) bond motifs is 1. The molecule has 0 atom stereocenters. The van der Waals surface area contributed by atoms with Crippen molar-refractivity contribution < 1.29 is 9.66 Å². The third-order valence-electron chi connectivity index (χ3n) is 6.70. The first-order chi connectivity index (χ1) is 18.8. The van der Waals surface area contributed by atoms with E-state index in [1.807, 2.05) is 30.3 Å². The quantitative estimate of drug-likeness (QED) is 0.112. The predicted octanol–water partition coefficient (Wildman–Crippen LogP) is 7.99. The van der Waals surface area contributed by atoms with Crippen molar-refractivity contribution in [2.75, 3.05) is 0 Å². The van der Waals surface area contributed by atoms with Crippen LogP contribution in [0.5, 0.6) is 5.75 Å². The van der Waals surface area contributed by atoms with Crippen LogP contribution in [0.1, 0.15) is 55.0 Å². The van der Waals surface area contributed by atoms with Crippen LogP contribution in [0.4, 0.5) is 5.69 Å². The molecule has 0 radical (unpaired) electrons. The van der Waals surface area contributed by atoms with E-state index < -0.39 is 4.92 Å². The molecular formula is C28H23Br2ClN4O4. The molecule has 1 aliphatic rings. The highest BCUT2D eigenvalue weighted by Crippen LogP contribution is 2.37. The Morgan fingerprint density at radius 3 is 2.64 bits per heavy atom. The van der Waals surface area contributed by atoms with Gasteiger partial charge in [0.15, 0.2) is 0 Å². The molecule has 4 aromatic rings. The van der Waals surface area contributed by atoms with E-state index in [9.17, 15) is 14.9 Å². The highest BCUT2D eigenvalue weighted by atomic mass is 79.9. The summed E-state index contributed by atoms with van der Waals surface area (Å²) in [5.41, 5.74) is 1.21. The molecule has 0 aliphatic heterocycles. The molecule has 3 aromatic carbocycles. The van der Waals surface area contributed by atoms with Gasteiger partial charge in [-0.1, -0.05) is 80.9 Å². The number of nitro groups is 1. The maximum atomic E-state index is 13.4. The summed E-state index contributed by atoms with van der Waals surface area (Å²) in [6.45, 7) is 0.0742. The second kappa shape index (κ2) is 12.0. The highest BCUT2D eigenvalue weighted by Gasteiger charge is 2.23. The summed E-state index contributed by atoms with van der Waals surface area (Å²) < 4.78 is 8.80. The molecule has 5 rings (SSSR count). The van der Waals surface area contributed by atoms with Crippen molar-refractivity contribution in [3.8, 4) is 5.75 Å². The number of halogens is 3. The van der Waals surface area contributed by atoms with Gasteiger partial charge in [0.25, 0.3) is 5.56 Å². The van der Waals surface area contributed by atoms with Gasteiger partial charge in [0.2, 0.25) is 5.75 Å². The minimum atomic E-state index is -0.549. The van der Waals surface area contributed by atoms with E-state index in [4.69, 9.17) is 21.3 Å². The smallest absolute Gasteiger partial charge is 0.313 e. The first kappa shape index (κ1) is 27.5. The number of ether oxygens (including phenoxy) is 1. The Balaban J connectivity index is 1.50. The van der Waals surface area contributed by atoms with E-state index in [2.05, 4.69) is 37.0 Å². The van der Waals surface area contributed by atoms with E-state index in [1.54, 1.807) is 12.1 Å². The monoisotopic (exact) mass is 672 g/mol. The van der Waals surface area contributed by atoms with Gasteiger partial charge in [-0.15, -0.1) is 0 Å². The fourth-order valence-corrected chi connectivity index (χ4v) is 6.18. The minimum Gasteiger partial charge on any atom is -0.481 e. The molecule has 0 spiro atoms. The SMILES string of the molecule is O=c1c2ccccc2nc(C2CCCCC2)n1N=Cc1cc(Cl)c(OCc2ccc(Br)cc2Br)c([N+](=O)[O-])c1. The Labute approximate surface area is 246 Å². The zero-order valence-corrected chi connectivity index (χ0v) is 24.6. The normalized spacial score (nSPS) is 14.2. The van der Waals surface area contributed by atoms with E-state index in [-0.39, 0.29) is 34.5 Å². The molecular weight excluding hydrogens is 652 g/mol. The Morgan fingerprint density at radius 2 is 1.90 bits per heavy atom. The van der Waals surface area contributed by atoms with Gasteiger partial charge in [0.05, 0.1) is 27.1 Å². The average molecular weight is 675 g/mol. The first-order valence-corrected chi connectivity index (χ1v) is 14.4. The van der Waals surface area contributed by atoms with E-state index >= 15 is 0 Å². The molecule has 0 bridgehead atoms. The van der Waals surface area contributed by atoms with Crippen molar-refractivity contribution in [1.29, 1.82) is 0 Å². The number of hydrogen-bond acceptors (Lipinski definition) is 6. The van der Waals surface area contributed by atoms with Crippen molar-refractivity contribution in [2.24, 2.45) is 5.10 Å². The van der Waals surface area contributed by atoms with Crippen LogP contribution in [0.3, 0.4) is 0 Å². The fourth-order valence-electron chi connectivity index (χ4n) is 4.74. The lowest BCUT2D eigenvalue weighted by Gasteiger charge is -2.22. The van der Waals surface area contributed by atoms with E-state index in [0.717, 1.165) is 46.6 Å². The Bertz CT molecular complexity index is 1650. The van der Waals surface area contributed by atoms with Gasteiger partial charge in [-0.25, -0.2) is 4.98 Å². The van der Waals surface area contributed by atoms with Crippen molar-refractivity contribution in [3.05, 3.63) is 106 Å². The molecule has 11 heteroatoms. The van der Waals surface area contributed by atoms with Gasteiger partial charge in [-0.3, -0.25) is 14.9 Å². The zero-order valence-electron chi connectivity index (χ0n) is 20.6. The molecule has 39 heavy (non-hydrogen) atoms. The second-order valence-corrected chi connectivity index (χ2v) is 11.5. The van der Waals surface area contributed by atoms with Crippen LogP contribution in [0.25, 0.3) is 10.9 Å². The van der Waals surface area contributed by atoms with Crippen LogP contribution in [0.2, 0.25) is 5.02 Å². The molecule has 8 nitrogen and oxygen atoms in total. The van der Waals surface area contributed by atoms with E-state index in [0.29, 0.717) is 22.3 Å². The summed E-state index contributed by atoms with van der Waals surface area (Å²) in [5.74, 6) is 0.677. The highest BCUT2D eigenvalue weighted by molar-refractivity contribution is 9.11. The lowest BCUT2D eigenvalue weighted by molar-refractivity contribution is -0.385.